The van der Waals surface area contributed by atoms with Gasteiger partial charge < -0.3 is 4.42 Å². The van der Waals surface area contributed by atoms with E-state index in [0.717, 1.165) is 6.07 Å². The number of hydrogen-bond acceptors (Lipinski definition) is 1. The Balaban J connectivity index is 2.60. The number of halogens is 3. The summed E-state index contributed by atoms with van der Waals surface area (Å²) >= 11 is 2.98. The van der Waals surface area contributed by atoms with Gasteiger partial charge in [0.1, 0.15) is 17.4 Å². The molecular formula is C10H5BrF2O. The summed E-state index contributed by atoms with van der Waals surface area (Å²) in [6.07, 6.45) is 1.44. The largest absolute Gasteiger partial charge is 0.464 e. The van der Waals surface area contributed by atoms with Gasteiger partial charge in [0.2, 0.25) is 0 Å². The van der Waals surface area contributed by atoms with E-state index < -0.39 is 11.6 Å². The molecule has 1 heterocycles. The molecule has 14 heavy (non-hydrogen) atoms. The van der Waals surface area contributed by atoms with Gasteiger partial charge in [0.05, 0.1) is 16.3 Å². The molecular weight excluding hydrogens is 254 g/mol. The predicted molar refractivity (Wildman–Crippen MR) is 51.8 cm³/mol. The molecule has 72 valence electrons. The van der Waals surface area contributed by atoms with Crippen molar-refractivity contribution in [2.24, 2.45) is 0 Å². The summed E-state index contributed by atoms with van der Waals surface area (Å²) in [5.41, 5.74) is 0.239. The minimum atomic E-state index is -0.638. The summed E-state index contributed by atoms with van der Waals surface area (Å²) in [6.45, 7) is 0. The van der Waals surface area contributed by atoms with Crippen molar-refractivity contribution >= 4 is 15.9 Å². The minimum absolute atomic E-state index is 0.213. The standard InChI is InChI=1S/C10H5BrF2O/c11-7-4-6(8(12)5-9(7)13)10-2-1-3-14-10/h1-5H. The van der Waals surface area contributed by atoms with E-state index in [0.29, 0.717) is 5.76 Å². The van der Waals surface area contributed by atoms with Crippen LogP contribution in [0, 0.1) is 11.6 Å². The van der Waals surface area contributed by atoms with Crippen LogP contribution in [-0.2, 0) is 0 Å². The molecule has 1 aromatic carbocycles. The van der Waals surface area contributed by atoms with Gasteiger partial charge in [-0.1, -0.05) is 0 Å². The van der Waals surface area contributed by atoms with Crippen molar-refractivity contribution in [2.45, 2.75) is 0 Å². The highest BCUT2D eigenvalue weighted by molar-refractivity contribution is 9.10. The third-order valence-corrected chi connectivity index (χ3v) is 2.40. The van der Waals surface area contributed by atoms with Gasteiger partial charge in [-0.25, -0.2) is 8.78 Å². The van der Waals surface area contributed by atoms with Gasteiger partial charge >= 0.3 is 0 Å². The highest BCUT2D eigenvalue weighted by Gasteiger charge is 2.11. The van der Waals surface area contributed by atoms with E-state index in [1.54, 1.807) is 12.1 Å². The van der Waals surface area contributed by atoms with Crippen LogP contribution < -0.4 is 0 Å². The Bertz CT molecular complexity index is 451. The summed E-state index contributed by atoms with van der Waals surface area (Å²) < 4.78 is 31.4. The maximum atomic E-state index is 13.3. The molecule has 0 aliphatic rings. The van der Waals surface area contributed by atoms with Gasteiger partial charge in [0, 0.05) is 6.07 Å². The molecule has 0 aliphatic carbocycles. The van der Waals surface area contributed by atoms with E-state index in [1.807, 2.05) is 0 Å². The summed E-state index contributed by atoms with van der Waals surface area (Å²) in [4.78, 5) is 0. The van der Waals surface area contributed by atoms with E-state index in [1.165, 1.54) is 12.3 Å². The van der Waals surface area contributed by atoms with Crippen molar-refractivity contribution in [1.82, 2.24) is 0 Å². The molecule has 0 radical (unpaired) electrons. The zero-order chi connectivity index (χ0) is 10.1. The molecule has 0 spiro atoms. The lowest BCUT2D eigenvalue weighted by molar-refractivity contribution is 0.558. The maximum absolute atomic E-state index is 13.3. The molecule has 0 unspecified atom stereocenters. The lowest BCUT2D eigenvalue weighted by atomic mass is 10.1. The fourth-order valence-electron chi connectivity index (χ4n) is 1.14. The minimum Gasteiger partial charge on any atom is -0.464 e. The Morgan fingerprint density at radius 2 is 1.93 bits per heavy atom. The third kappa shape index (κ3) is 1.57. The molecule has 0 amide bonds. The second-order valence-electron chi connectivity index (χ2n) is 2.72. The first kappa shape index (κ1) is 9.40. The summed E-state index contributed by atoms with van der Waals surface area (Å²) in [7, 11) is 0. The Kier molecular flexibility index (Phi) is 2.37. The summed E-state index contributed by atoms with van der Waals surface area (Å²) in [6, 6.07) is 5.43. The first-order valence-electron chi connectivity index (χ1n) is 3.87. The van der Waals surface area contributed by atoms with E-state index >= 15 is 0 Å². The van der Waals surface area contributed by atoms with E-state index in [9.17, 15) is 8.78 Å². The highest BCUT2D eigenvalue weighted by atomic mass is 79.9. The average Bonchev–Trinajstić information content (AvgIpc) is 2.64. The van der Waals surface area contributed by atoms with E-state index in [4.69, 9.17) is 4.42 Å². The molecule has 4 heteroatoms. The fourth-order valence-corrected chi connectivity index (χ4v) is 1.49. The smallest absolute Gasteiger partial charge is 0.140 e. The molecule has 2 rings (SSSR count). The van der Waals surface area contributed by atoms with Crippen molar-refractivity contribution < 1.29 is 13.2 Å². The number of benzene rings is 1. The number of rotatable bonds is 1. The second kappa shape index (κ2) is 3.53. The lowest BCUT2D eigenvalue weighted by Crippen LogP contribution is -1.86. The molecule has 0 bridgehead atoms. The number of furan rings is 1. The van der Waals surface area contributed by atoms with Crippen LogP contribution in [0.2, 0.25) is 0 Å². The van der Waals surface area contributed by atoms with Gasteiger partial charge in [-0.15, -0.1) is 0 Å². The topological polar surface area (TPSA) is 13.1 Å². The van der Waals surface area contributed by atoms with Gasteiger partial charge in [-0.2, -0.15) is 0 Å². The van der Waals surface area contributed by atoms with Crippen LogP contribution in [0.5, 0.6) is 0 Å². The quantitative estimate of drug-likeness (QED) is 0.706. The molecule has 0 saturated heterocycles. The van der Waals surface area contributed by atoms with Crippen LogP contribution in [-0.4, -0.2) is 0 Å². The third-order valence-electron chi connectivity index (χ3n) is 1.80. The highest BCUT2D eigenvalue weighted by Crippen LogP contribution is 2.28. The van der Waals surface area contributed by atoms with Crippen LogP contribution in [0.3, 0.4) is 0 Å². The fraction of sp³-hybridized carbons (Fsp3) is 0. The molecule has 0 atom stereocenters. The van der Waals surface area contributed by atoms with E-state index in [-0.39, 0.29) is 10.0 Å². The van der Waals surface area contributed by atoms with Crippen LogP contribution in [0.15, 0.2) is 39.4 Å². The first-order valence-corrected chi connectivity index (χ1v) is 4.66. The van der Waals surface area contributed by atoms with Crippen LogP contribution in [0.1, 0.15) is 0 Å². The Morgan fingerprint density at radius 3 is 2.57 bits per heavy atom. The Morgan fingerprint density at radius 1 is 1.14 bits per heavy atom. The first-order chi connectivity index (χ1) is 6.68. The SMILES string of the molecule is Fc1cc(F)c(-c2ccco2)cc1Br. The van der Waals surface area contributed by atoms with Gasteiger partial charge in [-0.3, -0.25) is 0 Å². The lowest BCUT2D eigenvalue weighted by Gasteiger charge is -2.01. The summed E-state index contributed by atoms with van der Waals surface area (Å²) in [5.74, 6) is -0.887. The molecule has 0 N–H and O–H groups in total. The van der Waals surface area contributed by atoms with Crippen LogP contribution in [0.4, 0.5) is 8.78 Å². The molecule has 0 aliphatic heterocycles. The van der Waals surface area contributed by atoms with Crippen molar-refractivity contribution in [2.75, 3.05) is 0 Å². The van der Waals surface area contributed by atoms with Crippen molar-refractivity contribution in [3.63, 3.8) is 0 Å². The normalized spacial score (nSPS) is 10.5. The van der Waals surface area contributed by atoms with Crippen molar-refractivity contribution in [3.05, 3.63) is 46.6 Å². The molecule has 1 nitrogen and oxygen atoms in total. The van der Waals surface area contributed by atoms with Crippen molar-refractivity contribution in [3.8, 4) is 11.3 Å². The zero-order valence-corrected chi connectivity index (χ0v) is 8.51. The average molecular weight is 259 g/mol. The summed E-state index contributed by atoms with van der Waals surface area (Å²) in [5, 5.41) is 0. The van der Waals surface area contributed by atoms with Crippen LogP contribution >= 0.6 is 15.9 Å². The maximum Gasteiger partial charge on any atom is 0.140 e. The Labute approximate surface area is 87.5 Å². The molecule has 1 aromatic heterocycles. The molecule has 0 fully saturated rings. The number of hydrogen-bond donors (Lipinski definition) is 0. The van der Waals surface area contributed by atoms with E-state index in [2.05, 4.69) is 15.9 Å². The van der Waals surface area contributed by atoms with Crippen molar-refractivity contribution in [1.29, 1.82) is 0 Å². The Hall–Kier alpha value is -1.16. The second-order valence-corrected chi connectivity index (χ2v) is 3.58. The monoisotopic (exact) mass is 258 g/mol. The predicted octanol–water partition coefficient (Wildman–Crippen LogP) is 3.99. The molecule has 0 saturated carbocycles. The van der Waals surface area contributed by atoms with Gasteiger partial charge in [-0.05, 0) is 34.1 Å². The molecule has 2 aromatic rings. The van der Waals surface area contributed by atoms with Crippen LogP contribution in [0.25, 0.3) is 11.3 Å². The zero-order valence-electron chi connectivity index (χ0n) is 6.93. The van der Waals surface area contributed by atoms with Gasteiger partial charge in [0.25, 0.3) is 0 Å². The van der Waals surface area contributed by atoms with Gasteiger partial charge in [0.15, 0.2) is 0 Å².